The van der Waals surface area contributed by atoms with Crippen molar-refractivity contribution in [3.05, 3.63) is 54.8 Å². The summed E-state index contributed by atoms with van der Waals surface area (Å²) in [5, 5.41) is 1.03. The van der Waals surface area contributed by atoms with E-state index in [1.165, 1.54) is 0 Å². The van der Waals surface area contributed by atoms with E-state index in [9.17, 15) is 0 Å². The predicted molar refractivity (Wildman–Crippen MR) is 91.2 cm³/mol. The fraction of sp³-hybridized carbons (Fsp3) is 0. The summed E-state index contributed by atoms with van der Waals surface area (Å²) in [6.45, 7) is 0. The molecule has 1 heterocycles. The van der Waals surface area contributed by atoms with Gasteiger partial charge in [0.1, 0.15) is 0 Å². The lowest BCUT2D eigenvalue weighted by atomic mass is 10.3. The topological polar surface area (TPSA) is 20.7 Å². The standard InChI is InChI=1S/C13H7Cl2IN2S/c14-9-5-11-12(6-10(9)15)18(13(19)17-11)8-3-1-2-7(16)4-8/h1-6H,(H,17,19). The Labute approximate surface area is 138 Å². The Morgan fingerprint density at radius 1 is 1.11 bits per heavy atom. The normalized spacial score (nSPS) is 11.1. The van der Waals surface area contributed by atoms with Crippen molar-refractivity contribution in [3.8, 4) is 5.69 Å². The van der Waals surface area contributed by atoms with E-state index in [2.05, 4.69) is 33.6 Å². The zero-order valence-electron chi connectivity index (χ0n) is 9.45. The highest BCUT2D eigenvalue weighted by Gasteiger charge is 2.09. The SMILES string of the molecule is S=c1[nH]c2cc(Cl)c(Cl)cc2n1-c1cccc(I)c1. The molecule has 0 aliphatic heterocycles. The molecular weight excluding hydrogens is 414 g/mol. The van der Waals surface area contributed by atoms with E-state index < -0.39 is 0 Å². The molecule has 0 amide bonds. The molecule has 0 bridgehead atoms. The van der Waals surface area contributed by atoms with E-state index in [0.29, 0.717) is 14.8 Å². The van der Waals surface area contributed by atoms with E-state index in [4.69, 9.17) is 35.4 Å². The van der Waals surface area contributed by atoms with E-state index in [-0.39, 0.29) is 0 Å². The third-order valence-electron chi connectivity index (χ3n) is 2.79. The highest BCUT2D eigenvalue weighted by Crippen LogP contribution is 2.29. The zero-order valence-corrected chi connectivity index (χ0v) is 13.9. The fourth-order valence-corrected chi connectivity index (χ4v) is 3.14. The average Bonchev–Trinajstić information content (AvgIpc) is 2.65. The molecule has 0 spiro atoms. The fourth-order valence-electron chi connectivity index (χ4n) is 1.97. The molecule has 3 aromatic rings. The second kappa shape index (κ2) is 5.09. The second-order valence-corrected chi connectivity index (χ2v) is 6.48. The van der Waals surface area contributed by atoms with Crippen LogP contribution in [0.25, 0.3) is 16.7 Å². The maximum atomic E-state index is 6.09. The Bertz CT molecular complexity index is 838. The van der Waals surface area contributed by atoms with Crippen molar-refractivity contribution in [2.24, 2.45) is 0 Å². The van der Waals surface area contributed by atoms with Crippen molar-refractivity contribution in [1.29, 1.82) is 0 Å². The lowest BCUT2D eigenvalue weighted by Crippen LogP contribution is -1.94. The first kappa shape index (κ1) is 13.4. The summed E-state index contributed by atoms with van der Waals surface area (Å²) in [4.78, 5) is 3.15. The van der Waals surface area contributed by atoms with Crippen LogP contribution < -0.4 is 0 Å². The first-order valence-electron chi connectivity index (χ1n) is 5.42. The monoisotopic (exact) mass is 420 g/mol. The Morgan fingerprint density at radius 3 is 2.58 bits per heavy atom. The molecule has 0 atom stereocenters. The van der Waals surface area contributed by atoms with Crippen LogP contribution in [-0.4, -0.2) is 9.55 Å². The summed E-state index contributed by atoms with van der Waals surface area (Å²) in [6.07, 6.45) is 0. The largest absolute Gasteiger partial charge is 0.330 e. The third kappa shape index (κ3) is 2.42. The maximum Gasteiger partial charge on any atom is 0.182 e. The van der Waals surface area contributed by atoms with Gasteiger partial charge >= 0.3 is 0 Å². The van der Waals surface area contributed by atoms with E-state index in [1.807, 2.05) is 28.8 Å². The van der Waals surface area contributed by atoms with Crippen LogP contribution in [-0.2, 0) is 0 Å². The number of aromatic nitrogens is 2. The van der Waals surface area contributed by atoms with Gasteiger partial charge in [0.25, 0.3) is 0 Å². The van der Waals surface area contributed by atoms with Gasteiger partial charge in [-0.15, -0.1) is 0 Å². The van der Waals surface area contributed by atoms with Gasteiger partial charge in [-0.3, -0.25) is 4.57 Å². The van der Waals surface area contributed by atoms with Crippen molar-refractivity contribution in [2.45, 2.75) is 0 Å². The van der Waals surface area contributed by atoms with E-state index in [0.717, 1.165) is 20.3 Å². The number of nitrogens with zero attached hydrogens (tertiary/aromatic N) is 1. The van der Waals surface area contributed by atoms with E-state index >= 15 is 0 Å². The second-order valence-electron chi connectivity index (χ2n) is 4.03. The Hall–Kier alpha value is -0.560. The molecule has 6 heteroatoms. The molecule has 0 radical (unpaired) electrons. The summed E-state index contributed by atoms with van der Waals surface area (Å²) >= 11 is 19.8. The zero-order chi connectivity index (χ0) is 13.6. The van der Waals surface area contributed by atoms with Gasteiger partial charge in [-0.25, -0.2) is 0 Å². The van der Waals surface area contributed by atoms with Crippen molar-refractivity contribution < 1.29 is 0 Å². The summed E-state index contributed by atoms with van der Waals surface area (Å²) in [5.74, 6) is 0. The van der Waals surface area contributed by atoms with Crippen LogP contribution in [0, 0.1) is 8.34 Å². The Morgan fingerprint density at radius 2 is 1.84 bits per heavy atom. The number of benzene rings is 2. The first-order valence-corrected chi connectivity index (χ1v) is 7.66. The van der Waals surface area contributed by atoms with Gasteiger partial charge in [0.15, 0.2) is 4.77 Å². The molecule has 0 saturated heterocycles. The lowest BCUT2D eigenvalue weighted by molar-refractivity contribution is 1.06. The van der Waals surface area contributed by atoms with Crippen LogP contribution in [0.3, 0.4) is 0 Å². The number of imidazole rings is 1. The summed E-state index contributed by atoms with van der Waals surface area (Å²) in [7, 11) is 0. The molecule has 96 valence electrons. The van der Waals surface area contributed by atoms with Crippen molar-refractivity contribution >= 4 is 69.0 Å². The summed E-state index contributed by atoms with van der Waals surface area (Å²) < 4.78 is 3.72. The number of fused-ring (bicyclic) bond motifs is 1. The number of nitrogens with one attached hydrogen (secondary N) is 1. The Kier molecular flexibility index (Phi) is 3.59. The minimum Gasteiger partial charge on any atom is -0.330 e. The van der Waals surface area contributed by atoms with Crippen molar-refractivity contribution in [3.63, 3.8) is 0 Å². The van der Waals surface area contributed by atoms with Crippen molar-refractivity contribution in [1.82, 2.24) is 9.55 Å². The first-order chi connectivity index (χ1) is 9.06. The third-order valence-corrected chi connectivity index (χ3v) is 4.47. The average molecular weight is 421 g/mol. The number of H-pyrrole nitrogens is 1. The van der Waals surface area contributed by atoms with Gasteiger partial charge in [0.2, 0.25) is 0 Å². The molecule has 0 fully saturated rings. The minimum atomic E-state index is 0.514. The molecule has 0 unspecified atom stereocenters. The van der Waals surface area contributed by atoms with Crippen LogP contribution >= 0.6 is 58.0 Å². The van der Waals surface area contributed by atoms with Crippen LogP contribution in [0.15, 0.2) is 36.4 Å². The van der Waals surface area contributed by atoms with E-state index in [1.54, 1.807) is 6.07 Å². The predicted octanol–water partition coefficient (Wildman–Crippen LogP) is 5.60. The number of aromatic amines is 1. The van der Waals surface area contributed by atoms with Crippen LogP contribution in [0.1, 0.15) is 0 Å². The van der Waals surface area contributed by atoms with Gasteiger partial charge in [0, 0.05) is 9.26 Å². The molecule has 19 heavy (non-hydrogen) atoms. The quantitative estimate of drug-likeness (QED) is 0.401. The molecule has 1 aromatic heterocycles. The molecule has 2 aromatic carbocycles. The van der Waals surface area contributed by atoms with Crippen LogP contribution in [0.5, 0.6) is 0 Å². The summed E-state index contributed by atoms with van der Waals surface area (Å²) in [6, 6.07) is 11.7. The van der Waals surface area contributed by atoms with Gasteiger partial charge in [-0.05, 0) is 65.1 Å². The molecule has 0 saturated carbocycles. The number of hydrogen-bond acceptors (Lipinski definition) is 1. The highest BCUT2D eigenvalue weighted by atomic mass is 127. The van der Waals surface area contributed by atoms with Gasteiger partial charge in [-0.1, -0.05) is 29.3 Å². The molecular formula is C13H7Cl2IN2S. The lowest BCUT2D eigenvalue weighted by Gasteiger charge is -2.05. The van der Waals surface area contributed by atoms with Gasteiger partial charge < -0.3 is 4.98 Å². The molecule has 3 rings (SSSR count). The molecule has 0 aliphatic carbocycles. The van der Waals surface area contributed by atoms with Crippen molar-refractivity contribution in [2.75, 3.05) is 0 Å². The van der Waals surface area contributed by atoms with Crippen LogP contribution in [0.2, 0.25) is 10.0 Å². The highest BCUT2D eigenvalue weighted by molar-refractivity contribution is 14.1. The smallest absolute Gasteiger partial charge is 0.182 e. The Balaban J connectivity index is 2.38. The number of rotatable bonds is 1. The maximum absolute atomic E-state index is 6.09. The number of hydrogen-bond donors (Lipinski definition) is 1. The van der Waals surface area contributed by atoms with Crippen LogP contribution in [0.4, 0.5) is 0 Å². The van der Waals surface area contributed by atoms with Gasteiger partial charge in [-0.2, -0.15) is 0 Å². The number of halogens is 3. The molecule has 0 aliphatic rings. The molecule has 2 nitrogen and oxygen atoms in total. The molecule has 1 N–H and O–H groups in total. The minimum absolute atomic E-state index is 0.514. The summed E-state index contributed by atoms with van der Waals surface area (Å²) in [5.41, 5.74) is 2.79. The van der Waals surface area contributed by atoms with Gasteiger partial charge in [0.05, 0.1) is 21.1 Å².